The predicted octanol–water partition coefficient (Wildman–Crippen LogP) is 2.24. The van der Waals surface area contributed by atoms with Crippen LogP contribution in [0.25, 0.3) is 0 Å². The second-order valence-electron chi connectivity index (χ2n) is 2.30. The third-order valence-electron chi connectivity index (χ3n) is 1.42. The molecule has 12 heavy (non-hydrogen) atoms. The van der Waals surface area contributed by atoms with E-state index >= 15 is 0 Å². The molecule has 1 radical (unpaired) electrons. The van der Waals surface area contributed by atoms with E-state index in [1.165, 1.54) is 6.26 Å². The van der Waals surface area contributed by atoms with Gasteiger partial charge in [0.1, 0.15) is 6.26 Å². The van der Waals surface area contributed by atoms with E-state index in [1.807, 2.05) is 30.3 Å². The van der Waals surface area contributed by atoms with Crippen molar-refractivity contribution in [3.8, 4) is 0 Å². The lowest BCUT2D eigenvalue weighted by Gasteiger charge is -1.95. The van der Waals surface area contributed by atoms with Crippen molar-refractivity contribution in [3.05, 3.63) is 42.7 Å². The minimum absolute atomic E-state index is 0.598. The van der Waals surface area contributed by atoms with Crippen LogP contribution in [0.4, 0.5) is 11.5 Å². The van der Waals surface area contributed by atoms with Crippen molar-refractivity contribution < 1.29 is 4.52 Å². The van der Waals surface area contributed by atoms with Crippen molar-refractivity contribution in [2.75, 3.05) is 0 Å². The summed E-state index contributed by atoms with van der Waals surface area (Å²) in [5.74, 6) is 0.598. The molecule has 0 aliphatic carbocycles. The van der Waals surface area contributed by atoms with E-state index < -0.39 is 0 Å². The van der Waals surface area contributed by atoms with E-state index in [9.17, 15) is 0 Å². The van der Waals surface area contributed by atoms with Crippen molar-refractivity contribution >= 4 is 11.5 Å². The summed E-state index contributed by atoms with van der Waals surface area (Å²) in [7, 11) is 0. The van der Waals surface area contributed by atoms with Gasteiger partial charge < -0.3 is 4.52 Å². The molecule has 3 nitrogen and oxygen atoms in total. The first kappa shape index (κ1) is 6.91. The first-order chi connectivity index (χ1) is 5.95. The quantitative estimate of drug-likeness (QED) is 0.674. The highest BCUT2D eigenvalue weighted by atomic mass is 16.5. The molecule has 0 saturated heterocycles. The molecule has 2 aromatic rings. The summed E-state index contributed by atoms with van der Waals surface area (Å²) >= 11 is 0. The molecule has 0 N–H and O–H groups in total. The predicted molar refractivity (Wildman–Crippen MR) is 44.4 cm³/mol. The number of rotatable bonds is 2. The van der Waals surface area contributed by atoms with Crippen LogP contribution < -0.4 is 5.32 Å². The molecule has 0 saturated carbocycles. The molecule has 0 atom stereocenters. The van der Waals surface area contributed by atoms with E-state index in [2.05, 4.69) is 15.0 Å². The number of hydrogen-bond acceptors (Lipinski definition) is 2. The van der Waals surface area contributed by atoms with Gasteiger partial charge in [-0.25, -0.2) is 5.32 Å². The zero-order valence-electron chi connectivity index (χ0n) is 6.34. The Bertz CT molecular complexity index is 329. The summed E-state index contributed by atoms with van der Waals surface area (Å²) in [5.41, 5.74) is 0.881. The highest BCUT2D eigenvalue weighted by molar-refractivity contribution is 5.43. The zero-order chi connectivity index (χ0) is 8.23. The lowest BCUT2D eigenvalue weighted by molar-refractivity contribution is 0.420. The maximum atomic E-state index is 4.64. The third kappa shape index (κ3) is 1.45. The number of benzene rings is 1. The van der Waals surface area contributed by atoms with Gasteiger partial charge in [-0.15, -0.1) is 0 Å². The number of hydrogen-bond donors (Lipinski definition) is 0. The summed E-state index contributed by atoms with van der Waals surface area (Å²) in [4.78, 5) is 0. The van der Waals surface area contributed by atoms with Gasteiger partial charge >= 0.3 is 0 Å². The second kappa shape index (κ2) is 3.09. The Hall–Kier alpha value is -1.77. The van der Waals surface area contributed by atoms with Gasteiger partial charge in [0.2, 0.25) is 0 Å². The average Bonchev–Trinajstić information content (AvgIpc) is 2.59. The van der Waals surface area contributed by atoms with E-state index in [-0.39, 0.29) is 0 Å². The van der Waals surface area contributed by atoms with Gasteiger partial charge in [0.05, 0.1) is 5.69 Å². The molecule has 1 heterocycles. The Morgan fingerprint density at radius 2 is 1.92 bits per heavy atom. The van der Waals surface area contributed by atoms with Gasteiger partial charge in [0, 0.05) is 6.07 Å². The summed E-state index contributed by atoms with van der Waals surface area (Å²) in [6.45, 7) is 0. The molecule has 1 aromatic heterocycles. The molecule has 0 unspecified atom stereocenters. The lowest BCUT2D eigenvalue weighted by atomic mass is 10.3. The Labute approximate surface area is 70.0 Å². The van der Waals surface area contributed by atoms with Crippen LogP contribution in [-0.2, 0) is 0 Å². The van der Waals surface area contributed by atoms with Gasteiger partial charge in [-0.1, -0.05) is 23.4 Å². The second-order valence-corrected chi connectivity index (χ2v) is 2.30. The topological polar surface area (TPSA) is 40.1 Å². The molecule has 3 heteroatoms. The van der Waals surface area contributed by atoms with Gasteiger partial charge in [0.15, 0.2) is 5.82 Å². The number of nitrogens with zero attached hydrogens (tertiary/aromatic N) is 2. The van der Waals surface area contributed by atoms with Gasteiger partial charge in [0.25, 0.3) is 0 Å². The molecule has 0 aliphatic rings. The number of para-hydroxylation sites is 1. The van der Waals surface area contributed by atoms with Gasteiger partial charge in [-0.05, 0) is 12.1 Å². The van der Waals surface area contributed by atoms with Crippen molar-refractivity contribution in [1.82, 2.24) is 10.5 Å². The van der Waals surface area contributed by atoms with Crippen LogP contribution in [0.2, 0.25) is 0 Å². The maximum Gasteiger partial charge on any atom is 0.195 e. The van der Waals surface area contributed by atoms with Crippen LogP contribution >= 0.6 is 0 Å². The van der Waals surface area contributed by atoms with Crippen LogP contribution in [0.5, 0.6) is 0 Å². The molecule has 0 spiro atoms. The smallest absolute Gasteiger partial charge is 0.195 e. The van der Waals surface area contributed by atoms with Crippen LogP contribution in [-0.4, -0.2) is 5.16 Å². The molecule has 1 aromatic carbocycles. The lowest BCUT2D eigenvalue weighted by Crippen LogP contribution is -1.86. The van der Waals surface area contributed by atoms with Gasteiger partial charge in [-0.2, -0.15) is 0 Å². The van der Waals surface area contributed by atoms with Crippen LogP contribution in [0.1, 0.15) is 0 Å². The summed E-state index contributed by atoms with van der Waals surface area (Å²) in [5, 5.41) is 7.87. The highest BCUT2D eigenvalue weighted by Gasteiger charge is 1.97. The first-order valence-electron chi connectivity index (χ1n) is 3.62. The maximum absolute atomic E-state index is 4.64. The van der Waals surface area contributed by atoms with Crippen molar-refractivity contribution in [2.24, 2.45) is 0 Å². The summed E-state index contributed by atoms with van der Waals surface area (Å²) < 4.78 is 4.64. The molecule has 0 fully saturated rings. The first-order valence-corrected chi connectivity index (χ1v) is 3.62. The molecule has 59 valence electrons. The standard InChI is InChI=1S/C9H7N2O/c1-2-4-8(5-3-1)10-9-6-7-12-11-9/h1-7H. The summed E-state index contributed by atoms with van der Waals surface area (Å²) in [6, 6.07) is 11.3. The molecule has 2 rings (SSSR count). The highest BCUT2D eigenvalue weighted by Crippen LogP contribution is 2.12. The van der Waals surface area contributed by atoms with Crippen molar-refractivity contribution in [1.29, 1.82) is 0 Å². The average molecular weight is 159 g/mol. The minimum Gasteiger partial charge on any atom is -0.363 e. The van der Waals surface area contributed by atoms with Crippen molar-refractivity contribution in [2.45, 2.75) is 0 Å². The monoisotopic (exact) mass is 159 g/mol. The largest absolute Gasteiger partial charge is 0.363 e. The molecule has 0 amide bonds. The van der Waals surface area contributed by atoms with Crippen molar-refractivity contribution in [3.63, 3.8) is 0 Å². The Kier molecular flexibility index (Phi) is 1.78. The normalized spacial score (nSPS) is 9.67. The number of aromatic nitrogens is 1. The fourth-order valence-electron chi connectivity index (χ4n) is 0.899. The van der Waals surface area contributed by atoms with Crippen LogP contribution in [0, 0.1) is 0 Å². The van der Waals surface area contributed by atoms with Crippen LogP contribution in [0.3, 0.4) is 0 Å². The SMILES string of the molecule is c1ccc([N]c2ccon2)cc1. The fraction of sp³-hybridized carbons (Fsp3) is 0. The van der Waals surface area contributed by atoms with E-state index in [0.29, 0.717) is 5.82 Å². The minimum atomic E-state index is 0.598. The Morgan fingerprint density at radius 3 is 2.58 bits per heavy atom. The van der Waals surface area contributed by atoms with E-state index in [0.717, 1.165) is 5.69 Å². The summed E-state index contributed by atoms with van der Waals surface area (Å²) in [6.07, 6.45) is 1.50. The molecule has 0 aliphatic heterocycles. The molecular formula is C9H7N2O. The third-order valence-corrected chi connectivity index (χ3v) is 1.42. The van der Waals surface area contributed by atoms with Crippen LogP contribution in [0.15, 0.2) is 47.2 Å². The Balaban J connectivity index is 2.15. The fourth-order valence-corrected chi connectivity index (χ4v) is 0.899. The zero-order valence-corrected chi connectivity index (χ0v) is 6.34. The molecular weight excluding hydrogens is 152 g/mol. The van der Waals surface area contributed by atoms with E-state index in [1.54, 1.807) is 6.07 Å². The Morgan fingerprint density at radius 1 is 1.08 bits per heavy atom. The van der Waals surface area contributed by atoms with Gasteiger partial charge in [-0.3, -0.25) is 0 Å². The molecule has 0 bridgehead atoms. The van der Waals surface area contributed by atoms with E-state index in [4.69, 9.17) is 0 Å².